The second-order valence-electron chi connectivity index (χ2n) is 3.62. The molecular formula is C12H11FN4O2. The minimum atomic E-state index is -0.740. The van der Waals surface area contributed by atoms with Crippen LogP contribution in [0.4, 0.5) is 15.0 Å². The van der Waals surface area contributed by atoms with Gasteiger partial charge in [-0.2, -0.15) is 0 Å². The van der Waals surface area contributed by atoms with Gasteiger partial charge in [-0.3, -0.25) is 5.32 Å². The normalized spacial score (nSPS) is 10.0. The van der Waals surface area contributed by atoms with Crippen molar-refractivity contribution in [3.63, 3.8) is 0 Å². The van der Waals surface area contributed by atoms with Crippen molar-refractivity contribution in [3.8, 4) is 17.0 Å². The molecule has 0 atom stereocenters. The van der Waals surface area contributed by atoms with Gasteiger partial charge in [0.1, 0.15) is 23.7 Å². The van der Waals surface area contributed by atoms with Crippen LogP contribution in [0.15, 0.2) is 30.6 Å². The van der Waals surface area contributed by atoms with Crippen LogP contribution in [0, 0.1) is 5.82 Å². The summed E-state index contributed by atoms with van der Waals surface area (Å²) in [6, 6.07) is 4.80. The molecular weight excluding hydrogens is 251 g/mol. The first-order chi connectivity index (χ1) is 9.10. The highest BCUT2D eigenvalue weighted by Gasteiger charge is 2.10. The van der Waals surface area contributed by atoms with Crippen LogP contribution in [0.3, 0.4) is 0 Å². The molecule has 0 saturated heterocycles. The number of carbonyl (C=O) groups is 1. The third-order valence-electron chi connectivity index (χ3n) is 2.36. The second kappa shape index (κ2) is 5.30. The molecule has 6 nitrogen and oxygen atoms in total. The first-order valence-corrected chi connectivity index (χ1v) is 5.32. The Labute approximate surface area is 108 Å². The van der Waals surface area contributed by atoms with Crippen molar-refractivity contribution in [2.24, 2.45) is 5.73 Å². The molecule has 0 radical (unpaired) electrons. The number of anilines is 1. The Hall–Kier alpha value is -2.70. The number of hydrogen-bond acceptors (Lipinski definition) is 4. The van der Waals surface area contributed by atoms with Gasteiger partial charge >= 0.3 is 6.03 Å². The van der Waals surface area contributed by atoms with Gasteiger partial charge < -0.3 is 10.5 Å². The Morgan fingerprint density at radius 1 is 1.37 bits per heavy atom. The number of aromatic nitrogens is 2. The predicted molar refractivity (Wildman–Crippen MR) is 67.2 cm³/mol. The molecule has 0 saturated carbocycles. The van der Waals surface area contributed by atoms with Crippen molar-refractivity contribution in [1.82, 2.24) is 9.97 Å². The molecule has 19 heavy (non-hydrogen) atoms. The zero-order chi connectivity index (χ0) is 13.8. The van der Waals surface area contributed by atoms with E-state index in [1.165, 1.54) is 37.7 Å². The molecule has 7 heteroatoms. The molecule has 0 spiro atoms. The molecule has 98 valence electrons. The summed E-state index contributed by atoms with van der Waals surface area (Å²) in [6.45, 7) is 0. The number of hydrogen-bond donors (Lipinski definition) is 2. The highest BCUT2D eigenvalue weighted by Crippen LogP contribution is 2.29. The van der Waals surface area contributed by atoms with Gasteiger partial charge in [-0.1, -0.05) is 0 Å². The number of carbonyl (C=O) groups excluding carboxylic acids is 1. The maximum absolute atomic E-state index is 13.3. The maximum atomic E-state index is 13.3. The number of methoxy groups -OCH3 is 1. The topological polar surface area (TPSA) is 90.1 Å². The Balaban J connectivity index is 2.46. The van der Waals surface area contributed by atoms with Crippen LogP contribution in [0.2, 0.25) is 0 Å². The number of urea groups is 1. The molecule has 0 fully saturated rings. The molecule has 0 aliphatic carbocycles. The maximum Gasteiger partial charge on any atom is 0.317 e. The monoisotopic (exact) mass is 262 g/mol. The highest BCUT2D eigenvalue weighted by molar-refractivity contribution is 5.87. The van der Waals surface area contributed by atoms with E-state index < -0.39 is 11.8 Å². The molecule has 2 amide bonds. The number of rotatable bonds is 3. The quantitative estimate of drug-likeness (QED) is 0.882. The smallest absolute Gasteiger partial charge is 0.317 e. The number of benzene rings is 1. The van der Waals surface area contributed by atoms with Crippen molar-refractivity contribution in [3.05, 3.63) is 36.4 Å². The molecule has 2 aromatic rings. The van der Waals surface area contributed by atoms with E-state index in [4.69, 9.17) is 10.5 Å². The minimum absolute atomic E-state index is 0.226. The van der Waals surface area contributed by atoms with E-state index in [1.54, 1.807) is 0 Å². The van der Waals surface area contributed by atoms with E-state index in [2.05, 4.69) is 15.3 Å². The molecule has 1 aromatic carbocycles. The summed E-state index contributed by atoms with van der Waals surface area (Å²) in [5, 5.41) is 2.32. The SMILES string of the molecule is COc1ccc(F)cc1-c1cc(NC(N)=O)ncn1. The lowest BCUT2D eigenvalue weighted by molar-refractivity contribution is 0.259. The van der Waals surface area contributed by atoms with Crippen molar-refractivity contribution in [2.45, 2.75) is 0 Å². The average molecular weight is 262 g/mol. The lowest BCUT2D eigenvalue weighted by Crippen LogP contribution is -2.20. The Bertz CT molecular complexity index is 618. The van der Waals surface area contributed by atoms with E-state index in [0.717, 1.165) is 0 Å². The Morgan fingerprint density at radius 3 is 2.84 bits per heavy atom. The molecule has 0 unspecified atom stereocenters. The summed E-state index contributed by atoms with van der Waals surface area (Å²) in [5.74, 6) is 0.271. The number of nitrogens with one attached hydrogen (secondary N) is 1. The molecule has 0 aliphatic rings. The molecule has 1 aromatic heterocycles. The van der Waals surface area contributed by atoms with E-state index in [-0.39, 0.29) is 5.82 Å². The van der Waals surface area contributed by atoms with Crippen LogP contribution in [0.5, 0.6) is 5.75 Å². The van der Waals surface area contributed by atoms with Gasteiger partial charge in [0.05, 0.1) is 12.8 Å². The van der Waals surface area contributed by atoms with Gasteiger partial charge in [-0.05, 0) is 18.2 Å². The molecule has 2 rings (SSSR count). The highest BCUT2D eigenvalue weighted by atomic mass is 19.1. The van der Waals surface area contributed by atoms with Gasteiger partial charge in [0, 0.05) is 11.6 Å². The number of nitrogens with two attached hydrogens (primary N) is 1. The Kier molecular flexibility index (Phi) is 3.56. The summed E-state index contributed by atoms with van der Waals surface area (Å²) in [6.07, 6.45) is 1.24. The van der Waals surface area contributed by atoms with Gasteiger partial charge in [0.25, 0.3) is 0 Å². The summed E-state index contributed by atoms with van der Waals surface area (Å²) >= 11 is 0. The van der Waals surface area contributed by atoms with E-state index in [9.17, 15) is 9.18 Å². The lowest BCUT2D eigenvalue weighted by Gasteiger charge is -2.08. The summed E-state index contributed by atoms with van der Waals surface area (Å²) in [4.78, 5) is 18.6. The Morgan fingerprint density at radius 2 is 2.16 bits per heavy atom. The van der Waals surface area contributed by atoms with Crippen molar-refractivity contribution < 1.29 is 13.9 Å². The third-order valence-corrected chi connectivity index (χ3v) is 2.36. The van der Waals surface area contributed by atoms with Gasteiger partial charge in [-0.15, -0.1) is 0 Å². The molecule has 0 bridgehead atoms. The van der Waals surface area contributed by atoms with E-state index in [0.29, 0.717) is 17.0 Å². The largest absolute Gasteiger partial charge is 0.496 e. The molecule has 0 aliphatic heterocycles. The van der Waals surface area contributed by atoms with Gasteiger partial charge in [0.2, 0.25) is 0 Å². The van der Waals surface area contributed by atoms with Crippen LogP contribution >= 0.6 is 0 Å². The first-order valence-electron chi connectivity index (χ1n) is 5.32. The fraction of sp³-hybridized carbons (Fsp3) is 0.0833. The van der Waals surface area contributed by atoms with E-state index in [1.807, 2.05) is 0 Å². The van der Waals surface area contributed by atoms with Crippen LogP contribution in [-0.2, 0) is 0 Å². The molecule has 3 N–H and O–H groups in total. The zero-order valence-corrected chi connectivity index (χ0v) is 10.1. The molecule has 1 heterocycles. The predicted octanol–water partition coefficient (Wildman–Crippen LogP) is 1.78. The number of nitrogens with zero attached hydrogens (tertiary/aromatic N) is 2. The van der Waals surface area contributed by atoms with Crippen LogP contribution in [0.1, 0.15) is 0 Å². The number of ether oxygens (including phenoxy) is 1. The van der Waals surface area contributed by atoms with Gasteiger partial charge in [-0.25, -0.2) is 19.2 Å². The number of amides is 2. The van der Waals surface area contributed by atoms with E-state index >= 15 is 0 Å². The van der Waals surface area contributed by atoms with Crippen LogP contribution < -0.4 is 15.8 Å². The fourth-order valence-electron chi connectivity index (χ4n) is 1.58. The van der Waals surface area contributed by atoms with Crippen molar-refractivity contribution in [1.29, 1.82) is 0 Å². The van der Waals surface area contributed by atoms with Gasteiger partial charge in [0.15, 0.2) is 0 Å². The summed E-state index contributed by atoms with van der Waals surface area (Å²) in [7, 11) is 1.47. The van der Waals surface area contributed by atoms with Crippen LogP contribution in [0.25, 0.3) is 11.3 Å². The standard InChI is InChI=1S/C12H11FN4O2/c1-19-10-3-2-7(13)4-8(10)9-5-11(16-6-15-9)17-12(14)18/h2-6H,1H3,(H3,14,15,16,17,18). The lowest BCUT2D eigenvalue weighted by atomic mass is 10.1. The average Bonchev–Trinajstić information content (AvgIpc) is 2.38. The second-order valence-corrected chi connectivity index (χ2v) is 3.62. The number of primary amides is 1. The number of halogens is 1. The third kappa shape index (κ3) is 2.95. The minimum Gasteiger partial charge on any atom is -0.496 e. The summed E-state index contributed by atoms with van der Waals surface area (Å²) in [5.41, 5.74) is 5.87. The zero-order valence-electron chi connectivity index (χ0n) is 10.1. The van der Waals surface area contributed by atoms with Crippen LogP contribution in [-0.4, -0.2) is 23.1 Å². The van der Waals surface area contributed by atoms with Crippen molar-refractivity contribution in [2.75, 3.05) is 12.4 Å². The fourth-order valence-corrected chi connectivity index (χ4v) is 1.58. The first kappa shape index (κ1) is 12.7. The van der Waals surface area contributed by atoms with Crippen molar-refractivity contribution >= 4 is 11.8 Å². The summed E-state index contributed by atoms with van der Waals surface area (Å²) < 4.78 is 18.4.